The van der Waals surface area contributed by atoms with E-state index in [4.69, 9.17) is 0 Å². The summed E-state index contributed by atoms with van der Waals surface area (Å²) in [6, 6.07) is -0.159. The van der Waals surface area contributed by atoms with E-state index < -0.39 is 0 Å². The van der Waals surface area contributed by atoms with Crippen LogP contribution in [0.15, 0.2) is 0 Å². The van der Waals surface area contributed by atoms with E-state index in [0.717, 1.165) is 0 Å². The van der Waals surface area contributed by atoms with Crippen LogP contribution in [0.4, 0.5) is 0 Å². The number of hydrogen-bond donors (Lipinski definition) is 1. The Morgan fingerprint density at radius 1 is 1.12 bits per heavy atom. The first-order valence-corrected chi connectivity index (χ1v) is 5.47. The molecular weight excluding hydrogens is 206 g/mol. The minimum absolute atomic E-state index is 0.00611. The van der Waals surface area contributed by atoms with E-state index in [2.05, 4.69) is 5.32 Å². The summed E-state index contributed by atoms with van der Waals surface area (Å²) in [5, 5.41) is 2.92. The standard InChI is InChI=1S/C11H23N3O2/c1-8(2)14(6)10(15)7-12-9(3)11(16)13(4)5/h8-9,12H,7H2,1-6H3. The summed E-state index contributed by atoms with van der Waals surface area (Å²) in [5.41, 5.74) is 0. The van der Waals surface area contributed by atoms with Gasteiger partial charge >= 0.3 is 0 Å². The van der Waals surface area contributed by atoms with Gasteiger partial charge in [0, 0.05) is 27.2 Å². The number of likely N-dealkylation sites (N-methyl/N-ethyl adjacent to an activating group) is 2. The van der Waals surface area contributed by atoms with Gasteiger partial charge in [0.25, 0.3) is 0 Å². The first-order valence-electron chi connectivity index (χ1n) is 5.47. The molecular formula is C11H23N3O2. The second-order valence-corrected chi connectivity index (χ2v) is 4.43. The zero-order valence-corrected chi connectivity index (χ0v) is 11.1. The SMILES string of the molecule is CC(NCC(=O)N(C)C(C)C)C(=O)N(C)C. The third kappa shape index (κ3) is 4.61. The van der Waals surface area contributed by atoms with E-state index in [9.17, 15) is 9.59 Å². The zero-order chi connectivity index (χ0) is 12.9. The molecule has 94 valence electrons. The largest absolute Gasteiger partial charge is 0.347 e. The Labute approximate surface area is 97.8 Å². The van der Waals surface area contributed by atoms with Crippen molar-refractivity contribution in [3.8, 4) is 0 Å². The fourth-order valence-electron chi connectivity index (χ4n) is 1.13. The maximum absolute atomic E-state index is 11.6. The normalized spacial score (nSPS) is 12.4. The second-order valence-electron chi connectivity index (χ2n) is 4.43. The van der Waals surface area contributed by atoms with Gasteiger partial charge in [0.1, 0.15) is 0 Å². The first kappa shape index (κ1) is 14.9. The predicted molar refractivity (Wildman–Crippen MR) is 64.1 cm³/mol. The lowest BCUT2D eigenvalue weighted by atomic mass is 10.3. The van der Waals surface area contributed by atoms with Gasteiger partial charge in [-0.3, -0.25) is 14.9 Å². The van der Waals surface area contributed by atoms with Gasteiger partial charge in [-0.15, -0.1) is 0 Å². The van der Waals surface area contributed by atoms with Crippen molar-refractivity contribution in [3.05, 3.63) is 0 Å². The van der Waals surface area contributed by atoms with Crippen LogP contribution in [0.5, 0.6) is 0 Å². The lowest BCUT2D eigenvalue weighted by Gasteiger charge is -2.23. The average molecular weight is 229 g/mol. The molecule has 0 bridgehead atoms. The number of hydrogen-bond acceptors (Lipinski definition) is 3. The van der Waals surface area contributed by atoms with Crippen LogP contribution in [0.3, 0.4) is 0 Å². The molecule has 1 unspecified atom stereocenters. The molecule has 2 amide bonds. The minimum atomic E-state index is -0.334. The van der Waals surface area contributed by atoms with Crippen molar-refractivity contribution in [3.63, 3.8) is 0 Å². The Balaban J connectivity index is 4.06. The van der Waals surface area contributed by atoms with Crippen molar-refractivity contribution in [2.45, 2.75) is 32.9 Å². The average Bonchev–Trinajstić information content (AvgIpc) is 2.22. The molecule has 0 aromatic heterocycles. The van der Waals surface area contributed by atoms with Crippen molar-refractivity contribution in [1.82, 2.24) is 15.1 Å². The third-order valence-electron chi connectivity index (χ3n) is 2.54. The lowest BCUT2D eigenvalue weighted by molar-refractivity contribution is -0.132. The zero-order valence-electron chi connectivity index (χ0n) is 11.1. The van der Waals surface area contributed by atoms with Gasteiger partial charge in [-0.2, -0.15) is 0 Å². The molecule has 0 aliphatic carbocycles. The van der Waals surface area contributed by atoms with Crippen molar-refractivity contribution in [1.29, 1.82) is 0 Å². The molecule has 0 saturated carbocycles. The Bertz CT molecular complexity index is 252. The topological polar surface area (TPSA) is 52.7 Å². The maximum Gasteiger partial charge on any atom is 0.238 e. The van der Waals surface area contributed by atoms with E-state index >= 15 is 0 Å². The quantitative estimate of drug-likeness (QED) is 0.717. The lowest BCUT2D eigenvalue weighted by Crippen LogP contribution is -2.47. The van der Waals surface area contributed by atoms with E-state index in [1.165, 1.54) is 4.90 Å². The van der Waals surface area contributed by atoms with Gasteiger partial charge < -0.3 is 9.80 Å². The molecule has 0 spiro atoms. The van der Waals surface area contributed by atoms with Crippen LogP contribution < -0.4 is 5.32 Å². The third-order valence-corrected chi connectivity index (χ3v) is 2.54. The molecule has 0 heterocycles. The molecule has 0 fully saturated rings. The van der Waals surface area contributed by atoms with Gasteiger partial charge in [-0.1, -0.05) is 0 Å². The Hall–Kier alpha value is -1.10. The number of nitrogens with one attached hydrogen (secondary N) is 1. The van der Waals surface area contributed by atoms with Gasteiger partial charge in [-0.05, 0) is 20.8 Å². The van der Waals surface area contributed by atoms with Crippen LogP contribution in [-0.2, 0) is 9.59 Å². The molecule has 1 atom stereocenters. The molecule has 1 N–H and O–H groups in total. The second kappa shape index (κ2) is 6.48. The van der Waals surface area contributed by atoms with Gasteiger partial charge in [0.05, 0.1) is 12.6 Å². The fourth-order valence-corrected chi connectivity index (χ4v) is 1.13. The summed E-state index contributed by atoms with van der Waals surface area (Å²) < 4.78 is 0. The summed E-state index contributed by atoms with van der Waals surface area (Å²) >= 11 is 0. The van der Waals surface area contributed by atoms with Crippen LogP contribution >= 0.6 is 0 Å². The molecule has 0 aliphatic heterocycles. The summed E-state index contributed by atoms with van der Waals surface area (Å²) in [7, 11) is 5.15. The predicted octanol–water partition coefficient (Wildman–Crippen LogP) is -0.0805. The smallest absolute Gasteiger partial charge is 0.238 e. The van der Waals surface area contributed by atoms with Gasteiger partial charge in [-0.25, -0.2) is 0 Å². The molecule has 0 rings (SSSR count). The first-order chi connectivity index (χ1) is 7.27. The molecule has 0 saturated heterocycles. The highest BCUT2D eigenvalue weighted by molar-refractivity contribution is 5.83. The van der Waals surface area contributed by atoms with Crippen LogP contribution in [0.1, 0.15) is 20.8 Å². The van der Waals surface area contributed by atoms with E-state index in [-0.39, 0.29) is 30.4 Å². The van der Waals surface area contributed by atoms with Crippen molar-refractivity contribution in [2.75, 3.05) is 27.7 Å². The highest BCUT2D eigenvalue weighted by atomic mass is 16.2. The minimum Gasteiger partial charge on any atom is -0.347 e. The van der Waals surface area contributed by atoms with E-state index in [1.807, 2.05) is 13.8 Å². The van der Waals surface area contributed by atoms with E-state index in [1.54, 1.807) is 33.0 Å². The number of nitrogens with zero attached hydrogens (tertiary/aromatic N) is 2. The number of carbonyl (C=O) groups excluding carboxylic acids is 2. The summed E-state index contributed by atoms with van der Waals surface area (Å²) in [6.45, 7) is 5.85. The van der Waals surface area contributed by atoms with Gasteiger partial charge in [0.2, 0.25) is 11.8 Å². The number of amides is 2. The Kier molecular flexibility index (Phi) is 6.03. The summed E-state index contributed by atoms with van der Waals surface area (Å²) in [4.78, 5) is 26.3. The molecule has 16 heavy (non-hydrogen) atoms. The van der Waals surface area contributed by atoms with Gasteiger partial charge in [0.15, 0.2) is 0 Å². The highest BCUT2D eigenvalue weighted by Gasteiger charge is 2.17. The van der Waals surface area contributed by atoms with Crippen LogP contribution in [0.2, 0.25) is 0 Å². The maximum atomic E-state index is 11.6. The van der Waals surface area contributed by atoms with Crippen molar-refractivity contribution >= 4 is 11.8 Å². The number of rotatable bonds is 5. The van der Waals surface area contributed by atoms with Crippen LogP contribution in [0.25, 0.3) is 0 Å². The molecule has 0 aliphatic rings. The van der Waals surface area contributed by atoms with E-state index in [0.29, 0.717) is 0 Å². The van der Waals surface area contributed by atoms with Crippen LogP contribution in [-0.4, -0.2) is 61.4 Å². The summed E-state index contributed by atoms with van der Waals surface area (Å²) in [5.74, 6) is -0.0339. The Morgan fingerprint density at radius 2 is 1.62 bits per heavy atom. The molecule has 5 heteroatoms. The Morgan fingerprint density at radius 3 is 2.00 bits per heavy atom. The highest BCUT2D eigenvalue weighted by Crippen LogP contribution is 1.94. The van der Waals surface area contributed by atoms with Crippen molar-refractivity contribution in [2.24, 2.45) is 0 Å². The fraction of sp³-hybridized carbons (Fsp3) is 0.818. The van der Waals surface area contributed by atoms with Crippen molar-refractivity contribution < 1.29 is 9.59 Å². The monoisotopic (exact) mass is 229 g/mol. The summed E-state index contributed by atoms with van der Waals surface area (Å²) in [6.07, 6.45) is 0. The molecule has 0 aromatic carbocycles. The molecule has 0 aromatic rings. The molecule has 0 radical (unpaired) electrons. The van der Waals surface area contributed by atoms with Crippen LogP contribution in [0, 0.1) is 0 Å². The molecule has 5 nitrogen and oxygen atoms in total. The number of carbonyl (C=O) groups is 2.